The van der Waals surface area contributed by atoms with Crippen molar-refractivity contribution in [1.82, 2.24) is 4.90 Å². The first kappa shape index (κ1) is 17.2. The van der Waals surface area contributed by atoms with Crippen LogP contribution < -0.4 is 0 Å². The largest absolute Gasteiger partial charge is 0.463 e. The zero-order valence-corrected chi connectivity index (χ0v) is 12.1. The van der Waals surface area contributed by atoms with E-state index in [1.807, 2.05) is 13.8 Å². The molecule has 0 N–H and O–H groups in total. The number of rotatable bonds is 7. The predicted octanol–water partition coefficient (Wildman–Crippen LogP) is 2.15. The molecule has 0 fully saturated rings. The van der Waals surface area contributed by atoms with Crippen LogP contribution in [0, 0.1) is 11.8 Å². The Morgan fingerprint density at radius 1 is 1.21 bits per heavy atom. The summed E-state index contributed by atoms with van der Waals surface area (Å²) in [5.74, 6) is 5.05. The van der Waals surface area contributed by atoms with Crippen molar-refractivity contribution < 1.29 is 14.3 Å². The molecular weight excluding hydrogens is 242 g/mol. The molecular formula is C15H23NO3. The van der Waals surface area contributed by atoms with Crippen molar-refractivity contribution in [3.63, 3.8) is 0 Å². The van der Waals surface area contributed by atoms with E-state index in [1.165, 1.54) is 6.08 Å². The molecule has 0 saturated carbocycles. The van der Waals surface area contributed by atoms with Gasteiger partial charge in [-0.25, -0.2) is 4.79 Å². The average Bonchev–Trinajstić information content (AvgIpc) is 2.39. The van der Waals surface area contributed by atoms with Gasteiger partial charge in [-0.15, -0.1) is 0 Å². The quantitative estimate of drug-likeness (QED) is 0.307. The third-order valence-corrected chi connectivity index (χ3v) is 2.46. The molecule has 106 valence electrons. The topological polar surface area (TPSA) is 46.6 Å². The van der Waals surface area contributed by atoms with Crippen LogP contribution in [0.5, 0.6) is 0 Å². The molecule has 1 amide bonds. The zero-order chi connectivity index (χ0) is 14.5. The lowest BCUT2D eigenvalue weighted by Crippen LogP contribution is -2.29. The fourth-order valence-electron chi connectivity index (χ4n) is 1.41. The molecule has 19 heavy (non-hydrogen) atoms. The van der Waals surface area contributed by atoms with E-state index in [0.29, 0.717) is 26.1 Å². The third-order valence-electron chi connectivity index (χ3n) is 2.46. The molecule has 4 nitrogen and oxygen atoms in total. The first-order chi connectivity index (χ1) is 9.15. The molecule has 0 aromatic carbocycles. The number of unbranched alkanes of at least 4 members (excludes halogenated alkanes) is 2. The number of amides is 1. The lowest BCUT2D eigenvalue weighted by Gasteiger charge is -2.14. The lowest BCUT2D eigenvalue weighted by atomic mass is 10.2. The van der Waals surface area contributed by atoms with Crippen molar-refractivity contribution in [1.29, 1.82) is 0 Å². The van der Waals surface area contributed by atoms with Gasteiger partial charge in [-0.3, -0.25) is 4.79 Å². The van der Waals surface area contributed by atoms with Crippen molar-refractivity contribution in [3.8, 4) is 11.8 Å². The van der Waals surface area contributed by atoms with Crippen LogP contribution in [0.3, 0.4) is 0 Å². The summed E-state index contributed by atoms with van der Waals surface area (Å²) in [6.07, 6.45) is 5.44. The van der Waals surface area contributed by atoms with Crippen LogP contribution >= 0.6 is 0 Å². The number of esters is 1. The summed E-state index contributed by atoms with van der Waals surface area (Å²) in [7, 11) is 0. The summed E-state index contributed by atoms with van der Waals surface area (Å²) in [5.41, 5.74) is 0. The minimum atomic E-state index is -0.315. The van der Waals surface area contributed by atoms with Crippen LogP contribution in [0.25, 0.3) is 0 Å². The van der Waals surface area contributed by atoms with E-state index in [4.69, 9.17) is 4.74 Å². The summed E-state index contributed by atoms with van der Waals surface area (Å²) in [6, 6.07) is 0. The Bertz CT molecular complexity index is 359. The van der Waals surface area contributed by atoms with E-state index in [1.54, 1.807) is 17.9 Å². The van der Waals surface area contributed by atoms with Crippen LogP contribution in [-0.2, 0) is 14.3 Å². The van der Waals surface area contributed by atoms with Gasteiger partial charge in [0.25, 0.3) is 5.91 Å². The Balaban J connectivity index is 3.81. The van der Waals surface area contributed by atoms with Crippen molar-refractivity contribution in [3.05, 3.63) is 12.2 Å². The SMILES string of the molecule is CCOC(=O)/C=C/CCCC#CC(=O)N(CC)CC. The van der Waals surface area contributed by atoms with Gasteiger partial charge in [-0.2, -0.15) is 0 Å². The van der Waals surface area contributed by atoms with Crippen LogP contribution in [0.15, 0.2) is 12.2 Å². The molecule has 0 aromatic heterocycles. The second kappa shape index (κ2) is 11.3. The first-order valence-corrected chi connectivity index (χ1v) is 6.76. The minimum Gasteiger partial charge on any atom is -0.463 e. The fraction of sp³-hybridized carbons (Fsp3) is 0.600. The number of nitrogens with zero attached hydrogens (tertiary/aromatic N) is 1. The molecule has 0 spiro atoms. The number of hydrogen-bond acceptors (Lipinski definition) is 3. The minimum absolute atomic E-state index is 0.118. The highest BCUT2D eigenvalue weighted by Gasteiger charge is 2.03. The van der Waals surface area contributed by atoms with Crippen LogP contribution in [-0.4, -0.2) is 36.5 Å². The fourth-order valence-corrected chi connectivity index (χ4v) is 1.41. The predicted molar refractivity (Wildman–Crippen MR) is 75.3 cm³/mol. The van der Waals surface area contributed by atoms with E-state index in [2.05, 4.69) is 11.8 Å². The number of hydrogen-bond donors (Lipinski definition) is 0. The van der Waals surface area contributed by atoms with Crippen molar-refractivity contribution in [2.45, 2.75) is 40.0 Å². The third kappa shape index (κ3) is 8.90. The second-order valence-corrected chi connectivity index (χ2v) is 3.83. The smallest absolute Gasteiger partial charge is 0.330 e. The summed E-state index contributed by atoms with van der Waals surface area (Å²) in [4.78, 5) is 24.2. The zero-order valence-electron chi connectivity index (χ0n) is 12.1. The van der Waals surface area contributed by atoms with Gasteiger partial charge in [0.05, 0.1) is 6.61 Å². The lowest BCUT2D eigenvalue weighted by molar-refractivity contribution is -0.137. The second-order valence-electron chi connectivity index (χ2n) is 3.83. The van der Waals surface area contributed by atoms with Gasteiger partial charge in [-0.1, -0.05) is 12.0 Å². The van der Waals surface area contributed by atoms with E-state index < -0.39 is 0 Å². The molecule has 0 heterocycles. The van der Waals surface area contributed by atoms with Gasteiger partial charge >= 0.3 is 5.97 Å². The summed E-state index contributed by atoms with van der Waals surface area (Å²) in [6.45, 7) is 7.40. The Hall–Kier alpha value is -1.76. The molecule has 4 heteroatoms. The van der Waals surface area contributed by atoms with Crippen LogP contribution in [0.1, 0.15) is 40.0 Å². The van der Waals surface area contributed by atoms with E-state index >= 15 is 0 Å². The number of ether oxygens (including phenoxy) is 1. The number of allylic oxidation sites excluding steroid dienone is 1. The van der Waals surface area contributed by atoms with Gasteiger partial charge < -0.3 is 9.64 Å². The highest BCUT2D eigenvalue weighted by molar-refractivity contribution is 5.93. The van der Waals surface area contributed by atoms with Gasteiger partial charge in [0, 0.05) is 25.6 Å². The van der Waals surface area contributed by atoms with Crippen LogP contribution in [0.2, 0.25) is 0 Å². The first-order valence-electron chi connectivity index (χ1n) is 6.76. The van der Waals surface area contributed by atoms with Gasteiger partial charge in [0.15, 0.2) is 0 Å². The standard InChI is InChI=1S/C15H23NO3/c1-4-16(5-2)14(17)12-10-8-7-9-11-13-15(18)19-6-3/h11,13H,4-9H2,1-3H3/b13-11+. The number of carbonyl (C=O) groups is 2. The highest BCUT2D eigenvalue weighted by atomic mass is 16.5. The Morgan fingerprint density at radius 2 is 1.89 bits per heavy atom. The molecule has 0 aliphatic heterocycles. The molecule has 0 bridgehead atoms. The summed E-state index contributed by atoms with van der Waals surface area (Å²) in [5, 5.41) is 0. The maximum absolute atomic E-state index is 11.5. The highest BCUT2D eigenvalue weighted by Crippen LogP contribution is 1.96. The molecule has 0 aliphatic carbocycles. The Labute approximate surface area is 115 Å². The Kier molecular flexibility index (Phi) is 10.3. The van der Waals surface area contributed by atoms with E-state index in [-0.39, 0.29) is 11.9 Å². The molecule has 0 aliphatic rings. The van der Waals surface area contributed by atoms with Gasteiger partial charge in [0.2, 0.25) is 0 Å². The van der Waals surface area contributed by atoms with Gasteiger partial charge in [0.1, 0.15) is 0 Å². The van der Waals surface area contributed by atoms with Crippen LogP contribution in [0.4, 0.5) is 0 Å². The summed E-state index contributed by atoms with van der Waals surface area (Å²) >= 11 is 0. The molecule has 0 unspecified atom stereocenters. The summed E-state index contributed by atoms with van der Waals surface area (Å²) < 4.78 is 4.75. The average molecular weight is 265 g/mol. The monoisotopic (exact) mass is 265 g/mol. The van der Waals surface area contributed by atoms with Crippen molar-refractivity contribution in [2.75, 3.05) is 19.7 Å². The van der Waals surface area contributed by atoms with E-state index in [9.17, 15) is 9.59 Å². The molecule has 0 atom stereocenters. The Morgan fingerprint density at radius 3 is 2.47 bits per heavy atom. The molecule has 0 aromatic rings. The maximum atomic E-state index is 11.5. The molecule has 0 saturated heterocycles. The van der Waals surface area contributed by atoms with E-state index in [0.717, 1.165) is 12.8 Å². The normalized spacial score (nSPS) is 9.84. The molecule has 0 radical (unpaired) electrons. The molecule has 0 rings (SSSR count). The van der Waals surface area contributed by atoms with Crippen molar-refractivity contribution in [2.24, 2.45) is 0 Å². The number of carbonyl (C=O) groups excluding carboxylic acids is 2. The van der Waals surface area contributed by atoms with Crippen molar-refractivity contribution >= 4 is 11.9 Å². The maximum Gasteiger partial charge on any atom is 0.330 e. The van der Waals surface area contributed by atoms with Gasteiger partial charge in [-0.05, 0) is 39.5 Å².